The van der Waals surface area contributed by atoms with Gasteiger partial charge < -0.3 is 9.88 Å². The van der Waals surface area contributed by atoms with Crippen molar-refractivity contribution in [2.45, 2.75) is 20.8 Å². The maximum Gasteiger partial charge on any atom is 0.154 e. The summed E-state index contributed by atoms with van der Waals surface area (Å²) >= 11 is 0. The molecule has 0 saturated heterocycles. The Balaban J connectivity index is 2.08. The number of hydrogen-bond acceptors (Lipinski definition) is 2. The number of fused-ring (bicyclic) bond motifs is 1. The van der Waals surface area contributed by atoms with Gasteiger partial charge in [-0.1, -0.05) is 30.3 Å². The summed E-state index contributed by atoms with van der Waals surface area (Å²) in [5.41, 5.74) is 6.59. The molecular weight excluding hydrogens is 296 g/mol. The Labute approximate surface area is 142 Å². The van der Waals surface area contributed by atoms with E-state index in [0.717, 1.165) is 22.5 Å². The van der Waals surface area contributed by atoms with Gasteiger partial charge in [0.2, 0.25) is 0 Å². The number of carbonyl (C=O) groups is 1. The van der Waals surface area contributed by atoms with Crippen molar-refractivity contribution in [3.05, 3.63) is 65.9 Å². The number of nitrogens with zero attached hydrogens (tertiary/aromatic N) is 1. The van der Waals surface area contributed by atoms with Crippen molar-refractivity contribution in [3.8, 4) is 11.3 Å². The standard InChI is InChI=1S/C21H22N2O/c1-14-10-18-12-20(17-8-6-5-7-9-17)23(4)21(18)13-19(14)22-15(2)11-16(3)24/h5-13,22H,1-4H3/b15-11-. The summed E-state index contributed by atoms with van der Waals surface area (Å²) in [6, 6.07) is 16.9. The van der Waals surface area contributed by atoms with Crippen LogP contribution in [0.4, 0.5) is 5.69 Å². The smallest absolute Gasteiger partial charge is 0.154 e. The largest absolute Gasteiger partial charge is 0.359 e. The van der Waals surface area contributed by atoms with Crippen LogP contribution in [0.15, 0.2) is 60.3 Å². The number of hydrogen-bond donors (Lipinski definition) is 1. The molecule has 122 valence electrons. The zero-order chi connectivity index (χ0) is 17.3. The van der Waals surface area contributed by atoms with Crippen molar-refractivity contribution in [3.63, 3.8) is 0 Å². The van der Waals surface area contributed by atoms with E-state index in [2.05, 4.69) is 66.3 Å². The molecule has 0 bridgehead atoms. The number of ketones is 1. The van der Waals surface area contributed by atoms with E-state index >= 15 is 0 Å². The Hall–Kier alpha value is -2.81. The molecule has 0 unspecified atom stereocenters. The van der Waals surface area contributed by atoms with Crippen molar-refractivity contribution in [2.24, 2.45) is 7.05 Å². The molecule has 24 heavy (non-hydrogen) atoms. The summed E-state index contributed by atoms with van der Waals surface area (Å²) in [4.78, 5) is 11.2. The second-order valence-electron chi connectivity index (χ2n) is 6.24. The predicted molar refractivity (Wildman–Crippen MR) is 101 cm³/mol. The van der Waals surface area contributed by atoms with Gasteiger partial charge in [0.05, 0.1) is 5.52 Å². The summed E-state index contributed by atoms with van der Waals surface area (Å²) in [6.07, 6.45) is 1.62. The highest BCUT2D eigenvalue weighted by Crippen LogP contribution is 2.31. The highest BCUT2D eigenvalue weighted by molar-refractivity contribution is 5.91. The fourth-order valence-electron chi connectivity index (χ4n) is 3.07. The number of carbonyl (C=O) groups excluding carboxylic acids is 1. The van der Waals surface area contributed by atoms with E-state index < -0.39 is 0 Å². The lowest BCUT2D eigenvalue weighted by Crippen LogP contribution is -2.00. The molecule has 0 saturated carbocycles. The molecule has 1 aromatic heterocycles. The van der Waals surface area contributed by atoms with Crippen molar-refractivity contribution in [1.29, 1.82) is 0 Å². The molecule has 0 amide bonds. The molecule has 0 aliphatic carbocycles. The lowest BCUT2D eigenvalue weighted by Gasteiger charge is -2.11. The van der Waals surface area contributed by atoms with E-state index in [-0.39, 0.29) is 5.78 Å². The number of anilines is 1. The topological polar surface area (TPSA) is 34.0 Å². The van der Waals surface area contributed by atoms with Crippen LogP contribution in [-0.4, -0.2) is 10.4 Å². The first-order chi connectivity index (χ1) is 11.5. The number of rotatable bonds is 4. The zero-order valence-electron chi connectivity index (χ0n) is 14.6. The van der Waals surface area contributed by atoms with E-state index in [1.54, 1.807) is 13.0 Å². The van der Waals surface area contributed by atoms with Gasteiger partial charge in [0.25, 0.3) is 0 Å². The Kier molecular flexibility index (Phi) is 4.26. The lowest BCUT2D eigenvalue weighted by molar-refractivity contribution is -0.112. The molecule has 0 radical (unpaired) electrons. The number of benzene rings is 2. The number of aromatic nitrogens is 1. The third-order valence-corrected chi connectivity index (χ3v) is 4.21. The monoisotopic (exact) mass is 318 g/mol. The van der Waals surface area contributed by atoms with Crippen LogP contribution in [0.5, 0.6) is 0 Å². The molecular formula is C21H22N2O. The molecule has 0 fully saturated rings. The Morgan fingerprint density at radius 3 is 2.46 bits per heavy atom. The predicted octanol–water partition coefficient (Wildman–Crippen LogP) is 5.06. The first-order valence-corrected chi connectivity index (χ1v) is 8.07. The quantitative estimate of drug-likeness (QED) is 0.682. The van der Waals surface area contributed by atoms with Crippen molar-refractivity contribution >= 4 is 22.4 Å². The summed E-state index contributed by atoms with van der Waals surface area (Å²) in [6.45, 7) is 5.55. The summed E-state index contributed by atoms with van der Waals surface area (Å²) < 4.78 is 2.21. The van der Waals surface area contributed by atoms with Crippen LogP contribution in [-0.2, 0) is 11.8 Å². The highest BCUT2D eigenvalue weighted by atomic mass is 16.1. The first-order valence-electron chi connectivity index (χ1n) is 8.07. The minimum absolute atomic E-state index is 0.0453. The van der Waals surface area contributed by atoms with Crippen molar-refractivity contribution in [1.82, 2.24) is 4.57 Å². The average Bonchev–Trinajstić information content (AvgIpc) is 2.84. The number of aryl methyl sites for hydroxylation is 2. The van der Waals surface area contributed by atoms with Crippen molar-refractivity contribution in [2.75, 3.05) is 5.32 Å². The van der Waals surface area contributed by atoms with E-state index in [1.165, 1.54) is 16.6 Å². The maximum atomic E-state index is 11.2. The zero-order valence-corrected chi connectivity index (χ0v) is 14.6. The van der Waals surface area contributed by atoms with E-state index in [4.69, 9.17) is 0 Å². The molecule has 0 atom stereocenters. The molecule has 0 spiro atoms. The van der Waals surface area contributed by atoms with Crippen LogP contribution in [0.2, 0.25) is 0 Å². The van der Waals surface area contributed by atoms with Crippen LogP contribution < -0.4 is 5.32 Å². The van der Waals surface area contributed by atoms with Gasteiger partial charge in [-0.3, -0.25) is 4.79 Å². The summed E-state index contributed by atoms with van der Waals surface area (Å²) in [5.74, 6) is 0.0453. The summed E-state index contributed by atoms with van der Waals surface area (Å²) in [7, 11) is 2.09. The van der Waals surface area contributed by atoms with E-state index in [9.17, 15) is 4.79 Å². The van der Waals surface area contributed by atoms with Gasteiger partial charge >= 0.3 is 0 Å². The van der Waals surface area contributed by atoms with Gasteiger partial charge in [-0.15, -0.1) is 0 Å². The molecule has 3 rings (SSSR count). The second-order valence-corrected chi connectivity index (χ2v) is 6.24. The molecule has 3 nitrogen and oxygen atoms in total. The lowest BCUT2D eigenvalue weighted by atomic mass is 10.1. The second kappa shape index (κ2) is 6.36. The third kappa shape index (κ3) is 3.11. The Bertz CT molecular complexity index is 933. The van der Waals surface area contributed by atoms with Crippen LogP contribution in [0, 0.1) is 6.92 Å². The van der Waals surface area contributed by atoms with Gasteiger partial charge in [0.15, 0.2) is 5.78 Å². The maximum absolute atomic E-state index is 11.2. The molecule has 3 heteroatoms. The first kappa shape index (κ1) is 16.1. The Morgan fingerprint density at radius 2 is 1.79 bits per heavy atom. The van der Waals surface area contributed by atoms with Gasteiger partial charge in [0, 0.05) is 29.5 Å². The van der Waals surface area contributed by atoms with Crippen molar-refractivity contribution < 1.29 is 4.79 Å². The number of nitrogens with one attached hydrogen (secondary N) is 1. The van der Waals surface area contributed by atoms with Crippen LogP contribution >= 0.6 is 0 Å². The van der Waals surface area contributed by atoms with Gasteiger partial charge in [-0.05, 0) is 56.2 Å². The molecule has 0 aliphatic heterocycles. The molecule has 1 N–H and O–H groups in total. The average molecular weight is 318 g/mol. The highest BCUT2D eigenvalue weighted by Gasteiger charge is 2.10. The summed E-state index contributed by atoms with van der Waals surface area (Å²) in [5, 5.41) is 4.55. The van der Waals surface area contributed by atoms with Gasteiger partial charge in [-0.2, -0.15) is 0 Å². The molecule has 0 aliphatic rings. The minimum Gasteiger partial charge on any atom is -0.359 e. The van der Waals surface area contributed by atoms with Crippen LogP contribution in [0.25, 0.3) is 22.2 Å². The molecule has 2 aromatic carbocycles. The molecule has 1 heterocycles. The molecule has 3 aromatic rings. The third-order valence-electron chi connectivity index (χ3n) is 4.21. The SMILES string of the molecule is CC(=O)/C=C(/C)Nc1cc2c(cc1C)cc(-c1ccccc1)n2C. The van der Waals surface area contributed by atoms with Gasteiger partial charge in [-0.25, -0.2) is 0 Å². The minimum atomic E-state index is 0.0453. The number of allylic oxidation sites excluding steroid dienone is 2. The fraction of sp³-hybridized carbons (Fsp3) is 0.190. The normalized spacial score (nSPS) is 11.8. The van der Waals surface area contributed by atoms with Crippen LogP contribution in [0.3, 0.4) is 0 Å². The fourth-order valence-corrected chi connectivity index (χ4v) is 3.07. The Morgan fingerprint density at radius 1 is 1.08 bits per heavy atom. The van der Waals surface area contributed by atoms with Crippen LogP contribution in [0.1, 0.15) is 19.4 Å². The van der Waals surface area contributed by atoms with E-state index in [0.29, 0.717) is 0 Å². The van der Waals surface area contributed by atoms with E-state index in [1.807, 2.05) is 13.0 Å². The van der Waals surface area contributed by atoms with Gasteiger partial charge in [0.1, 0.15) is 0 Å².